The summed E-state index contributed by atoms with van der Waals surface area (Å²) < 4.78 is 31.4. The summed E-state index contributed by atoms with van der Waals surface area (Å²) in [6.45, 7) is 2.51. The number of anilines is 1. The molecule has 0 spiro atoms. The van der Waals surface area contributed by atoms with E-state index in [-0.39, 0.29) is 12.0 Å². The van der Waals surface area contributed by atoms with Gasteiger partial charge in [-0.3, -0.25) is 9.10 Å². The summed E-state index contributed by atoms with van der Waals surface area (Å²) in [6, 6.07) is 17.3. The van der Waals surface area contributed by atoms with Crippen LogP contribution in [0.5, 0.6) is 5.75 Å². The molecule has 1 amide bonds. The van der Waals surface area contributed by atoms with Crippen LogP contribution in [-0.2, 0) is 14.8 Å². The quantitative estimate of drug-likeness (QED) is 0.777. The second kappa shape index (κ2) is 7.37. The molecular weight excluding hydrogens is 352 g/mol. The molecule has 1 aliphatic heterocycles. The fourth-order valence-electron chi connectivity index (χ4n) is 3.03. The molecule has 6 nitrogen and oxygen atoms in total. The number of ether oxygens (including phenoxy) is 1. The number of para-hydroxylation sites is 2. The fraction of sp³-hybridized carbons (Fsp3) is 0.316. The second-order valence-corrected chi connectivity index (χ2v) is 8.23. The van der Waals surface area contributed by atoms with Gasteiger partial charge in [0.15, 0.2) is 0 Å². The first-order chi connectivity index (χ1) is 12.4. The summed E-state index contributed by atoms with van der Waals surface area (Å²) >= 11 is 0. The van der Waals surface area contributed by atoms with Crippen molar-refractivity contribution in [3.05, 3.63) is 60.7 Å². The summed E-state index contributed by atoms with van der Waals surface area (Å²) in [7, 11) is -3.59. The zero-order valence-corrected chi connectivity index (χ0v) is 15.6. The van der Waals surface area contributed by atoms with E-state index in [1.807, 2.05) is 30.3 Å². The van der Waals surface area contributed by atoms with Crippen LogP contribution in [-0.4, -0.2) is 50.7 Å². The number of amides is 1. The smallest absolute Gasteiger partial charge is 0.246 e. The first-order valence-corrected chi connectivity index (χ1v) is 10.3. The minimum atomic E-state index is -3.59. The van der Waals surface area contributed by atoms with Crippen molar-refractivity contribution in [1.29, 1.82) is 0 Å². The van der Waals surface area contributed by atoms with Gasteiger partial charge in [-0.05, 0) is 31.2 Å². The standard InChI is InChI=1S/C19H22N2O4S/c1-15(21(26(2,23)24)16-9-5-3-6-10-16)19(22)20-13-18(14-20)25-17-11-7-4-8-12-17/h3-12,15,18H,13-14H2,1-2H3/t15-/m1/s1. The monoisotopic (exact) mass is 374 g/mol. The van der Waals surface area contributed by atoms with Crippen molar-refractivity contribution in [3.8, 4) is 5.75 Å². The van der Waals surface area contributed by atoms with Crippen LogP contribution < -0.4 is 9.04 Å². The summed E-state index contributed by atoms with van der Waals surface area (Å²) in [5.74, 6) is 0.534. The molecule has 2 aromatic carbocycles. The lowest BCUT2D eigenvalue weighted by Crippen LogP contribution is -2.61. The molecule has 0 aromatic heterocycles. The third-order valence-corrected chi connectivity index (χ3v) is 5.52. The average molecular weight is 374 g/mol. The van der Waals surface area contributed by atoms with Crippen LogP contribution in [0.4, 0.5) is 5.69 Å². The van der Waals surface area contributed by atoms with Gasteiger partial charge in [-0.2, -0.15) is 0 Å². The molecule has 0 unspecified atom stereocenters. The number of rotatable bonds is 6. The predicted octanol–water partition coefficient (Wildman–Crippen LogP) is 2.13. The highest BCUT2D eigenvalue weighted by Crippen LogP contribution is 2.24. The predicted molar refractivity (Wildman–Crippen MR) is 101 cm³/mol. The Balaban J connectivity index is 1.66. The van der Waals surface area contributed by atoms with Crippen LogP contribution in [0, 0.1) is 0 Å². The van der Waals surface area contributed by atoms with Crippen LogP contribution >= 0.6 is 0 Å². The summed E-state index contributed by atoms with van der Waals surface area (Å²) in [4.78, 5) is 14.4. The van der Waals surface area contributed by atoms with Crippen molar-refractivity contribution < 1.29 is 17.9 Å². The third kappa shape index (κ3) is 3.99. The van der Waals surface area contributed by atoms with Gasteiger partial charge in [0.05, 0.1) is 25.0 Å². The summed E-state index contributed by atoms with van der Waals surface area (Å²) in [6.07, 6.45) is 1.04. The molecule has 26 heavy (non-hydrogen) atoms. The molecule has 0 aliphatic carbocycles. The van der Waals surface area contributed by atoms with Crippen molar-refractivity contribution in [2.75, 3.05) is 23.7 Å². The first kappa shape index (κ1) is 18.3. The molecule has 0 N–H and O–H groups in total. The highest BCUT2D eigenvalue weighted by Gasteiger charge is 2.38. The van der Waals surface area contributed by atoms with Gasteiger partial charge in [0.25, 0.3) is 0 Å². The minimum absolute atomic E-state index is 0.0723. The Bertz CT molecular complexity index is 850. The Labute approximate surface area is 154 Å². The number of sulfonamides is 1. The number of carbonyl (C=O) groups is 1. The number of carbonyl (C=O) groups excluding carboxylic acids is 1. The Morgan fingerprint density at radius 1 is 1.08 bits per heavy atom. The Hall–Kier alpha value is -2.54. The molecule has 1 aliphatic rings. The van der Waals surface area contributed by atoms with Gasteiger partial charge in [-0.25, -0.2) is 8.42 Å². The fourth-order valence-corrected chi connectivity index (χ4v) is 4.20. The molecule has 0 bridgehead atoms. The van der Waals surface area contributed by atoms with Crippen LogP contribution in [0.25, 0.3) is 0 Å². The van der Waals surface area contributed by atoms with Gasteiger partial charge in [0.1, 0.15) is 17.9 Å². The Kier molecular flexibility index (Phi) is 5.18. The highest BCUT2D eigenvalue weighted by molar-refractivity contribution is 7.92. The van der Waals surface area contributed by atoms with Crippen molar-refractivity contribution in [2.45, 2.75) is 19.1 Å². The zero-order chi connectivity index (χ0) is 18.7. The number of benzene rings is 2. The lowest BCUT2D eigenvalue weighted by Gasteiger charge is -2.41. The number of likely N-dealkylation sites (tertiary alicyclic amines) is 1. The van der Waals surface area contributed by atoms with Crippen molar-refractivity contribution in [3.63, 3.8) is 0 Å². The zero-order valence-electron chi connectivity index (χ0n) is 14.8. The van der Waals surface area contributed by atoms with E-state index in [9.17, 15) is 13.2 Å². The van der Waals surface area contributed by atoms with Crippen LogP contribution in [0.2, 0.25) is 0 Å². The summed E-state index contributed by atoms with van der Waals surface area (Å²) in [5, 5.41) is 0. The van der Waals surface area contributed by atoms with Gasteiger partial charge >= 0.3 is 0 Å². The molecular formula is C19H22N2O4S. The van der Waals surface area contributed by atoms with E-state index in [2.05, 4.69) is 0 Å². The lowest BCUT2D eigenvalue weighted by molar-refractivity contribution is -0.140. The molecule has 1 saturated heterocycles. The Morgan fingerprint density at radius 3 is 2.15 bits per heavy atom. The first-order valence-electron chi connectivity index (χ1n) is 8.41. The van der Waals surface area contributed by atoms with E-state index in [0.29, 0.717) is 18.8 Å². The Morgan fingerprint density at radius 2 is 1.62 bits per heavy atom. The maximum absolute atomic E-state index is 12.7. The maximum Gasteiger partial charge on any atom is 0.246 e. The largest absolute Gasteiger partial charge is 0.487 e. The van der Waals surface area contributed by atoms with Crippen LogP contribution in [0.1, 0.15) is 6.92 Å². The molecule has 1 heterocycles. The topological polar surface area (TPSA) is 66.9 Å². The molecule has 0 saturated carbocycles. The summed E-state index contributed by atoms with van der Waals surface area (Å²) in [5.41, 5.74) is 0.480. The average Bonchev–Trinajstić information content (AvgIpc) is 2.58. The SMILES string of the molecule is C[C@H](C(=O)N1CC(Oc2ccccc2)C1)N(c1ccccc1)S(C)(=O)=O. The van der Waals surface area contributed by atoms with Gasteiger partial charge in [0.2, 0.25) is 15.9 Å². The molecule has 0 radical (unpaired) electrons. The molecule has 7 heteroatoms. The van der Waals surface area contributed by atoms with E-state index < -0.39 is 16.1 Å². The van der Waals surface area contributed by atoms with E-state index in [1.165, 1.54) is 4.31 Å². The van der Waals surface area contributed by atoms with Gasteiger partial charge in [-0.1, -0.05) is 36.4 Å². The van der Waals surface area contributed by atoms with E-state index >= 15 is 0 Å². The molecule has 1 fully saturated rings. The molecule has 2 aromatic rings. The van der Waals surface area contributed by atoms with Crippen LogP contribution in [0.15, 0.2) is 60.7 Å². The van der Waals surface area contributed by atoms with E-state index in [1.54, 1.807) is 42.2 Å². The van der Waals surface area contributed by atoms with E-state index in [0.717, 1.165) is 12.0 Å². The maximum atomic E-state index is 12.7. The van der Waals surface area contributed by atoms with Crippen molar-refractivity contribution in [2.24, 2.45) is 0 Å². The lowest BCUT2D eigenvalue weighted by atomic mass is 10.1. The van der Waals surface area contributed by atoms with Crippen LogP contribution in [0.3, 0.4) is 0 Å². The van der Waals surface area contributed by atoms with Crippen molar-refractivity contribution >= 4 is 21.6 Å². The number of hydrogen-bond acceptors (Lipinski definition) is 4. The minimum Gasteiger partial charge on any atom is -0.487 e. The molecule has 3 rings (SSSR count). The number of nitrogens with zero attached hydrogens (tertiary/aromatic N) is 2. The second-order valence-electron chi connectivity index (χ2n) is 6.37. The van der Waals surface area contributed by atoms with E-state index in [4.69, 9.17) is 4.74 Å². The molecule has 138 valence electrons. The van der Waals surface area contributed by atoms with Gasteiger partial charge in [0, 0.05) is 0 Å². The molecule has 1 atom stereocenters. The third-order valence-electron chi connectivity index (χ3n) is 4.28. The normalized spacial score (nSPS) is 15.8. The van der Waals surface area contributed by atoms with Gasteiger partial charge in [-0.15, -0.1) is 0 Å². The van der Waals surface area contributed by atoms with Gasteiger partial charge < -0.3 is 9.64 Å². The van der Waals surface area contributed by atoms with Crippen molar-refractivity contribution in [1.82, 2.24) is 4.90 Å². The highest BCUT2D eigenvalue weighted by atomic mass is 32.2. The number of hydrogen-bond donors (Lipinski definition) is 0.